The van der Waals surface area contributed by atoms with Gasteiger partial charge < -0.3 is 19.5 Å². The van der Waals surface area contributed by atoms with Gasteiger partial charge in [0.15, 0.2) is 0 Å². The first-order chi connectivity index (χ1) is 10.2. The molecule has 0 radical (unpaired) electrons. The average Bonchev–Trinajstić information content (AvgIpc) is 2.50. The third kappa shape index (κ3) is 5.28. The molecule has 1 aliphatic rings. The third-order valence-electron chi connectivity index (χ3n) is 3.83. The Morgan fingerprint density at radius 3 is 2.62 bits per heavy atom. The number of rotatable bonds is 7. The second-order valence-corrected chi connectivity index (χ2v) is 5.58. The number of nitrogens with zero attached hydrogens (tertiary/aromatic N) is 2. The standard InChI is InChI=1S/C16H26N2O3/c1-17-7-9-18(10-8-17)11-15(19)13-21-12-14-5-3-4-6-16(14)20-2/h3-6,15,19H,7-13H2,1-2H3/t15-/m0/s1. The number of β-amino-alcohol motifs (C(OH)–C–C–N with tert-alkyl or cyclic N) is 1. The SMILES string of the molecule is COc1ccccc1COC[C@@H](O)CN1CCN(C)CC1. The van der Waals surface area contributed by atoms with Crippen LogP contribution in [0.25, 0.3) is 0 Å². The number of piperazine rings is 1. The van der Waals surface area contributed by atoms with Gasteiger partial charge in [-0.15, -0.1) is 0 Å². The van der Waals surface area contributed by atoms with Crippen molar-refractivity contribution in [3.05, 3.63) is 29.8 Å². The lowest BCUT2D eigenvalue weighted by atomic mass is 10.2. The summed E-state index contributed by atoms with van der Waals surface area (Å²) in [5.74, 6) is 0.825. The monoisotopic (exact) mass is 294 g/mol. The lowest BCUT2D eigenvalue weighted by molar-refractivity contribution is 0.00255. The largest absolute Gasteiger partial charge is 0.496 e. The van der Waals surface area contributed by atoms with Gasteiger partial charge in [-0.1, -0.05) is 18.2 Å². The third-order valence-corrected chi connectivity index (χ3v) is 3.83. The summed E-state index contributed by atoms with van der Waals surface area (Å²) in [5.41, 5.74) is 1.01. The molecule has 1 N–H and O–H groups in total. The first kappa shape index (κ1) is 16.2. The predicted molar refractivity (Wildman–Crippen MR) is 82.6 cm³/mol. The number of aliphatic hydroxyl groups is 1. The highest BCUT2D eigenvalue weighted by molar-refractivity contribution is 5.32. The highest BCUT2D eigenvalue weighted by Crippen LogP contribution is 2.18. The Morgan fingerprint density at radius 2 is 1.90 bits per heavy atom. The maximum absolute atomic E-state index is 10.1. The number of ether oxygens (including phenoxy) is 2. The summed E-state index contributed by atoms with van der Waals surface area (Å²) in [6, 6.07) is 7.79. The van der Waals surface area contributed by atoms with Crippen molar-refractivity contribution in [2.24, 2.45) is 0 Å². The maximum Gasteiger partial charge on any atom is 0.124 e. The molecule has 1 saturated heterocycles. The molecule has 0 unspecified atom stereocenters. The van der Waals surface area contributed by atoms with Gasteiger partial charge in [0.2, 0.25) is 0 Å². The smallest absolute Gasteiger partial charge is 0.124 e. The van der Waals surface area contributed by atoms with Crippen LogP contribution in [0.4, 0.5) is 0 Å². The Morgan fingerprint density at radius 1 is 1.19 bits per heavy atom. The molecule has 1 atom stereocenters. The minimum absolute atomic E-state index is 0.352. The van der Waals surface area contributed by atoms with Crippen LogP contribution in [0.5, 0.6) is 5.75 Å². The van der Waals surface area contributed by atoms with Crippen molar-refractivity contribution in [3.8, 4) is 5.75 Å². The fourth-order valence-corrected chi connectivity index (χ4v) is 2.51. The highest BCUT2D eigenvalue weighted by Gasteiger charge is 2.17. The van der Waals surface area contributed by atoms with E-state index in [1.165, 1.54) is 0 Å². The molecular formula is C16H26N2O3. The van der Waals surface area contributed by atoms with Crippen LogP contribution in [0, 0.1) is 0 Å². The minimum Gasteiger partial charge on any atom is -0.496 e. The van der Waals surface area contributed by atoms with Crippen molar-refractivity contribution in [3.63, 3.8) is 0 Å². The van der Waals surface area contributed by atoms with Gasteiger partial charge in [-0.05, 0) is 13.1 Å². The lowest BCUT2D eigenvalue weighted by Gasteiger charge is -2.33. The van der Waals surface area contributed by atoms with Crippen molar-refractivity contribution in [2.75, 3.05) is 53.5 Å². The molecule has 0 spiro atoms. The molecule has 0 saturated carbocycles. The van der Waals surface area contributed by atoms with Crippen LogP contribution in [-0.2, 0) is 11.3 Å². The zero-order valence-electron chi connectivity index (χ0n) is 13.0. The van der Waals surface area contributed by atoms with Gasteiger partial charge in [0, 0.05) is 38.3 Å². The summed E-state index contributed by atoms with van der Waals surface area (Å²) >= 11 is 0. The fraction of sp³-hybridized carbons (Fsp3) is 0.625. The Labute approximate surface area is 127 Å². The Hall–Kier alpha value is -1.14. The van der Waals surface area contributed by atoms with Crippen molar-refractivity contribution in [1.82, 2.24) is 9.80 Å². The Kier molecular flexibility index (Phi) is 6.45. The van der Waals surface area contributed by atoms with Gasteiger partial charge in [-0.25, -0.2) is 0 Å². The molecule has 21 heavy (non-hydrogen) atoms. The fourth-order valence-electron chi connectivity index (χ4n) is 2.51. The van der Waals surface area contributed by atoms with Crippen LogP contribution in [0.3, 0.4) is 0 Å². The molecule has 2 rings (SSSR count). The summed E-state index contributed by atoms with van der Waals surface area (Å²) in [6.07, 6.45) is -0.442. The molecule has 5 nitrogen and oxygen atoms in total. The normalized spacial score (nSPS) is 18.6. The summed E-state index contributed by atoms with van der Waals surface area (Å²) in [6.45, 7) is 5.65. The van der Waals surface area contributed by atoms with Crippen LogP contribution < -0.4 is 4.74 Å². The van der Waals surface area contributed by atoms with Gasteiger partial charge in [-0.3, -0.25) is 4.90 Å². The average molecular weight is 294 g/mol. The quantitative estimate of drug-likeness (QED) is 0.807. The zero-order chi connectivity index (χ0) is 15.1. The number of methoxy groups -OCH3 is 1. The topological polar surface area (TPSA) is 45.2 Å². The van der Waals surface area contributed by atoms with E-state index in [4.69, 9.17) is 9.47 Å². The molecule has 5 heteroatoms. The molecule has 0 amide bonds. The molecule has 0 bridgehead atoms. The van der Waals surface area contributed by atoms with Gasteiger partial charge in [0.25, 0.3) is 0 Å². The van der Waals surface area contributed by atoms with E-state index >= 15 is 0 Å². The van der Waals surface area contributed by atoms with E-state index in [1.54, 1.807) is 7.11 Å². The summed E-state index contributed by atoms with van der Waals surface area (Å²) in [4.78, 5) is 4.60. The predicted octanol–water partition coefficient (Wildman–Crippen LogP) is 0.820. The number of aliphatic hydroxyl groups excluding tert-OH is 1. The Bertz CT molecular complexity index is 420. The van der Waals surface area contributed by atoms with E-state index in [0.29, 0.717) is 19.8 Å². The van der Waals surface area contributed by atoms with Crippen LogP contribution >= 0.6 is 0 Å². The molecule has 1 aromatic carbocycles. The number of hydrogen-bond acceptors (Lipinski definition) is 5. The van der Waals surface area contributed by atoms with Gasteiger partial charge in [-0.2, -0.15) is 0 Å². The van der Waals surface area contributed by atoms with E-state index in [9.17, 15) is 5.11 Å². The van der Waals surface area contributed by atoms with E-state index in [-0.39, 0.29) is 0 Å². The summed E-state index contributed by atoms with van der Waals surface area (Å²) < 4.78 is 10.9. The van der Waals surface area contributed by atoms with E-state index < -0.39 is 6.10 Å². The number of benzene rings is 1. The lowest BCUT2D eigenvalue weighted by Crippen LogP contribution is -2.47. The van der Waals surface area contributed by atoms with Crippen molar-refractivity contribution in [2.45, 2.75) is 12.7 Å². The van der Waals surface area contributed by atoms with Crippen LogP contribution in [0.1, 0.15) is 5.56 Å². The minimum atomic E-state index is -0.442. The molecule has 118 valence electrons. The van der Waals surface area contributed by atoms with Crippen molar-refractivity contribution < 1.29 is 14.6 Å². The van der Waals surface area contributed by atoms with E-state index in [1.807, 2.05) is 24.3 Å². The number of para-hydroxylation sites is 1. The summed E-state index contributed by atoms with van der Waals surface area (Å²) in [7, 11) is 3.78. The first-order valence-electron chi connectivity index (χ1n) is 7.47. The molecule has 1 fully saturated rings. The summed E-state index contributed by atoms with van der Waals surface area (Å²) in [5, 5.41) is 10.1. The Balaban J connectivity index is 1.68. The van der Waals surface area contributed by atoms with Crippen LogP contribution in [-0.4, -0.2) is 74.5 Å². The molecule has 1 heterocycles. The van der Waals surface area contributed by atoms with Gasteiger partial charge in [0.1, 0.15) is 5.75 Å². The molecule has 0 aromatic heterocycles. The van der Waals surface area contributed by atoms with E-state index in [2.05, 4.69) is 16.8 Å². The van der Waals surface area contributed by atoms with Crippen LogP contribution in [0.15, 0.2) is 24.3 Å². The number of hydrogen-bond donors (Lipinski definition) is 1. The second kappa shape index (κ2) is 8.34. The number of likely N-dealkylation sites (N-methyl/N-ethyl adjacent to an activating group) is 1. The second-order valence-electron chi connectivity index (χ2n) is 5.58. The molecule has 0 aliphatic carbocycles. The molecule has 1 aliphatic heterocycles. The van der Waals surface area contributed by atoms with Gasteiger partial charge in [0.05, 0.1) is 26.4 Å². The molecule has 1 aromatic rings. The van der Waals surface area contributed by atoms with E-state index in [0.717, 1.165) is 37.5 Å². The van der Waals surface area contributed by atoms with Crippen molar-refractivity contribution >= 4 is 0 Å². The van der Waals surface area contributed by atoms with Crippen LogP contribution in [0.2, 0.25) is 0 Å². The van der Waals surface area contributed by atoms with Gasteiger partial charge >= 0.3 is 0 Å². The van der Waals surface area contributed by atoms with Crippen molar-refractivity contribution in [1.29, 1.82) is 0 Å². The zero-order valence-corrected chi connectivity index (χ0v) is 13.0. The molecular weight excluding hydrogens is 268 g/mol. The first-order valence-corrected chi connectivity index (χ1v) is 7.47. The maximum atomic E-state index is 10.1. The highest BCUT2D eigenvalue weighted by atomic mass is 16.5.